The lowest BCUT2D eigenvalue weighted by Crippen LogP contribution is -2.11. The maximum absolute atomic E-state index is 12.7. The van der Waals surface area contributed by atoms with Crippen LogP contribution in [0.5, 0.6) is 0 Å². The van der Waals surface area contributed by atoms with Crippen LogP contribution in [-0.4, -0.2) is 21.6 Å². The fourth-order valence-electron chi connectivity index (χ4n) is 2.31. The minimum Gasteiger partial charge on any atom is -0.478 e. The minimum absolute atomic E-state index is 0.0639. The van der Waals surface area contributed by atoms with E-state index in [1.807, 2.05) is 0 Å². The van der Waals surface area contributed by atoms with E-state index in [-0.39, 0.29) is 16.1 Å². The van der Waals surface area contributed by atoms with Crippen LogP contribution >= 0.6 is 23.2 Å². The fourth-order valence-corrected chi connectivity index (χ4v) is 2.80. The predicted molar refractivity (Wildman–Crippen MR) is 85.1 cm³/mol. The molecule has 6 heteroatoms. The van der Waals surface area contributed by atoms with Gasteiger partial charge in [0.1, 0.15) is 0 Å². The van der Waals surface area contributed by atoms with Crippen molar-refractivity contribution in [2.75, 3.05) is 0 Å². The average molecular weight is 334 g/mol. The number of aromatic nitrogens is 1. The molecule has 0 atom stereocenters. The van der Waals surface area contributed by atoms with Crippen molar-refractivity contribution >= 4 is 46.0 Å². The highest BCUT2D eigenvalue weighted by molar-refractivity contribution is 6.37. The number of carboxylic acid groups (broad SMARTS) is 1. The van der Waals surface area contributed by atoms with Gasteiger partial charge in [-0.25, -0.2) is 4.79 Å². The number of fused-ring (bicyclic) bond motifs is 1. The third kappa shape index (κ3) is 2.36. The first-order valence-electron chi connectivity index (χ1n) is 6.32. The number of benzene rings is 2. The van der Waals surface area contributed by atoms with Crippen molar-refractivity contribution in [3.63, 3.8) is 0 Å². The van der Waals surface area contributed by atoms with Crippen molar-refractivity contribution in [3.05, 3.63) is 69.8 Å². The molecule has 0 fully saturated rings. The van der Waals surface area contributed by atoms with Crippen LogP contribution < -0.4 is 0 Å². The molecular weight excluding hydrogens is 325 g/mol. The number of nitrogens with zero attached hydrogens (tertiary/aromatic N) is 1. The second-order valence-electron chi connectivity index (χ2n) is 4.66. The molecule has 3 rings (SSSR count). The van der Waals surface area contributed by atoms with E-state index in [0.29, 0.717) is 15.9 Å². The van der Waals surface area contributed by atoms with Crippen molar-refractivity contribution in [2.24, 2.45) is 0 Å². The zero-order chi connectivity index (χ0) is 15.9. The summed E-state index contributed by atoms with van der Waals surface area (Å²) in [6, 6.07) is 11.3. The van der Waals surface area contributed by atoms with E-state index in [0.717, 1.165) is 0 Å². The van der Waals surface area contributed by atoms with Crippen LogP contribution in [0.4, 0.5) is 0 Å². The summed E-state index contributed by atoms with van der Waals surface area (Å²) in [4.78, 5) is 24.0. The second-order valence-corrected chi connectivity index (χ2v) is 5.51. The fraction of sp³-hybridized carbons (Fsp3) is 0. The van der Waals surface area contributed by atoms with Gasteiger partial charge in [0.25, 0.3) is 5.91 Å². The minimum atomic E-state index is -1.09. The van der Waals surface area contributed by atoms with Crippen LogP contribution in [0.3, 0.4) is 0 Å². The van der Waals surface area contributed by atoms with E-state index < -0.39 is 11.9 Å². The molecule has 0 unspecified atom stereocenters. The number of hydrogen-bond acceptors (Lipinski definition) is 2. The maximum Gasteiger partial charge on any atom is 0.337 e. The molecule has 0 radical (unpaired) electrons. The van der Waals surface area contributed by atoms with Gasteiger partial charge in [-0.2, -0.15) is 0 Å². The largest absolute Gasteiger partial charge is 0.478 e. The van der Waals surface area contributed by atoms with Crippen LogP contribution in [-0.2, 0) is 0 Å². The number of halogens is 2. The highest BCUT2D eigenvalue weighted by Crippen LogP contribution is 2.26. The highest BCUT2D eigenvalue weighted by Gasteiger charge is 2.20. The number of rotatable bonds is 2. The van der Waals surface area contributed by atoms with Crippen LogP contribution in [0.1, 0.15) is 20.7 Å². The highest BCUT2D eigenvalue weighted by atomic mass is 35.5. The number of aromatic carboxylic acids is 1. The third-order valence-corrected chi connectivity index (χ3v) is 3.87. The second kappa shape index (κ2) is 5.48. The Kier molecular flexibility index (Phi) is 3.64. The molecule has 0 saturated heterocycles. The molecule has 0 saturated carbocycles. The number of carbonyl (C=O) groups is 2. The van der Waals surface area contributed by atoms with Crippen molar-refractivity contribution < 1.29 is 14.7 Å². The Morgan fingerprint density at radius 3 is 2.41 bits per heavy atom. The third-order valence-electron chi connectivity index (χ3n) is 3.32. The summed E-state index contributed by atoms with van der Waals surface area (Å²) in [5, 5.41) is 10.4. The van der Waals surface area contributed by atoms with Crippen LogP contribution in [0.15, 0.2) is 48.7 Å². The summed E-state index contributed by atoms with van der Waals surface area (Å²) < 4.78 is 1.29. The van der Waals surface area contributed by atoms with Gasteiger partial charge in [0.05, 0.1) is 21.7 Å². The molecule has 1 N–H and O–H groups in total. The van der Waals surface area contributed by atoms with Crippen molar-refractivity contribution in [1.82, 2.24) is 4.57 Å². The van der Waals surface area contributed by atoms with E-state index in [1.165, 1.54) is 22.9 Å². The molecule has 0 aliphatic heterocycles. The first-order chi connectivity index (χ1) is 10.5. The molecule has 22 heavy (non-hydrogen) atoms. The van der Waals surface area contributed by atoms with Crippen molar-refractivity contribution in [3.8, 4) is 0 Å². The molecule has 1 aromatic heterocycles. The Morgan fingerprint density at radius 1 is 1.00 bits per heavy atom. The first kappa shape index (κ1) is 14.6. The molecule has 0 aliphatic rings. The maximum atomic E-state index is 12.7. The van der Waals surface area contributed by atoms with Gasteiger partial charge < -0.3 is 5.11 Å². The Bertz CT molecular complexity index is 915. The van der Waals surface area contributed by atoms with Gasteiger partial charge >= 0.3 is 5.97 Å². The zero-order valence-corrected chi connectivity index (χ0v) is 12.6. The van der Waals surface area contributed by atoms with E-state index >= 15 is 0 Å². The molecule has 2 aromatic carbocycles. The lowest BCUT2D eigenvalue weighted by Gasteiger charge is -2.06. The monoisotopic (exact) mass is 333 g/mol. The molecular formula is C16H9Cl2NO3. The van der Waals surface area contributed by atoms with Gasteiger partial charge in [-0.3, -0.25) is 9.36 Å². The molecule has 0 amide bonds. The van der Waals surface area contributed by atoms with E-state index in [2.05, 4.69) is 0 Å². The molecule has 110 valence electrons. The van der Waals surface area contributed by atoms with Crippen LogP contribution in [0, 0.1) is 0 Å². The quantitative estimate of drug-likeness (QED) is 0.759. The van der Waals surface area contributed by atoms with Gasteiger partial charge in [-0.1, -0.05) is 41.4 Å². The smallest absolute Gasteiger partial charge is 0.337 e. The normalized spacial score (nSPS) is 10.8. The van der Waals surface area contributed by atoms with Gasteiger partial charge in [0.2, 0.25) is 0 Å². The lowest BCUT2D eigenvalue weighted by atomic mass is 10.2. The molecule has 1 heterocycles. The Balaban J connectivity index is 2.21. The number of hydrogen-bond donors (Lipinski definition) is 1. The number of carbonyl (C=O) groups excluding carboxylic acids is 1. The summed E-state index contributed by atoms with van der Waals surface area (Å²) in [5.41, 5.74) is 0.828. The van der Waals surface area contributed by atoms with E-state index in [9.17, 15) is 14.7 Å². The van der Waals surface area contributed by atoms with Gasteiger partial charge in [0.15, 0.2) is 0 Å². The summed E-state index contributed by atoms with van der Waals surface area (Å²) >= 11 is 11.9. The number of para-hydroxylation sites is 1. The average Bonchev–Trinajstić information content (AvgIpc) is 2.86. The Morgan fingerprint density at radius 2 is 1.73 bits per heavy atom. The summed E-state index contributed by atoms with van der Waals surface area (Å²) in [5.74, 6) is -1.50. The molecule has 4 nitrogen and oxygen atoms in total. The van der Waals surface area contributed by atoms with E-state index in [4.69, 9.17) is 23.2 Å². The summed E-state index contributed by atoms with van der Waals surface area (Å²) in [7, 11) is 0. The molecule has 0 spiro atoms. The summed E-state index contributed by atoms with van der Waals surface area (Å²) in [6.45, 7) is 0. The SMILES string of the molecule is O=C(O)c1cn(C(=O)c2ccc(Cl)cc2Cl)c2ccccc12. The first-order valence-corrected chi connectivity index (χ1v) is 7.08. The number of carboxylic acids is 1. The van der Waals surface area contributed by atoms with Gasteiger partial charge in [-0.05, 0) is 24.3 Å². The zero-order valence-electron chi connectivity index (χ0n) is 11.1. The lowest BCUT2D eigenvalue weighted by molar-refractivity contribution is 0.0699. The Hall–Kier alpha value is -2.30. The van der Waals surface area contributed by atoms with Crippen molar-refractivity contribution in [2.45, 2.75) is 0 Å². The topological polar surface area (TPSA) is 59.3 Å². The van der Waals surface area contributed by atoms with Crippen LogP contribution in [0.25, 0.3) is 10.9 Å². The predicted octanol–water partition coefficient (Wildman–Crippen LogP) is 4.33. The van der Waals surface area contributed by atoms with Crippen molar-refractivity contribution in [1.29, 1.82) is 0 Å². The molecule has 3 aromatic rings. The summed E-state index contributed by atoms with van der Waals surface area (Å²) in [6.07, 6.45) is 1.31. The molecule has 0 bridgehead atoms. The van der Waals surface area contributed by atoms with E-state index in [1.54, 1.807) is 30.3 Å². The Labute approximate surface area is 135 Å². The standard InChI is InChI=1S/C16H9Cl2NO3/c17-9-5-6-11(13(18)7-9)15(20)19-8-12(16(21)22)10-3-1-2-4-14(10)19/h1-8H,(H,21,22). The van der Waals surface area contributed by atoms with Gasteiger partial charge in [0, 0.05) is 16.6 Å². The molecule has 0 aliphatic carbocycles. The van der Waals surface area contributed by atoms with Gasteiger partial charge in [-0.15, -0.1) is 0 Å². The van der Waals surface area contributed by atoms with Crippen LogP contribution in [0.2, 0.25) is 10.0 Å².